The smallest absolute Gasteiger partial charge is 0.179 e. The quantitative estimate of drug-likeness (QED) is 0.791. The molecule has 2 aromatic rings. The lowest BCUT2D eigenvalue weighted by atomic mass is 10.1. The maximum absolute atomic E-state index is 12.2. The van der Waals surface area contributed by atoms with Gasteiger partial charge in [-0.1, -0.05) is 6.07 Å². The summed E-state index contributed by atoms with van der Waals surface area (Å²) in [5.41, 5.74) is 1.78. The summed E-state index contributed by atoms with van der Waals surface area (Å²) in [7, 11) is 1.62. The fourth-order valence-electron chi connectivity index (χ4n) is 1.88. The molecule has 19 heavy (non-hydrogen) atoms. The number of ether oxygens (including phenoxy) is 1. The average molecular weight is 340 g/mol. The first-order valence-corrected chi connectivity index (χ1v) is 7.42. The van der Waals surface area contributed by atoms with Gasteiger partial charge in [-0.05, 0) is 47.5 Å². The van der Waals surface area contributed by atoms with E-state index in [1.165, 1.54) is 11.3 Å². The second-order valence-corrected chi connectivity index (χ2v) is 6.27. The molecule has 100 valence electrons. The minimum absolute atomic E-state index is 0.111. The Morgan fingerprint density at radius 3 is 2.68 bits per heavy atom. The molecule has 1 aromatic heterocycles. The van der Waals surface area contributed by atoms with E-state index in [9.17, 15) is 4.79 Å². The SMILES string of the molecule is COc1ccc(CC(=O)c2sc(C)nc2C)cc1Br. The van der Waals surface area contributed by atoms with Gasteiger partial charge in [-0.15, -0.1) is 11.3 Å². The minimum Gasteiger partial charge on any atom is -0.496 e. The lowest BCUT2D eigenvalue weighted by Crippen LogP contribution is -2.03. The van der Waals surface area contributed by atoms with Crippen LogP contribution in [0.2, 0.25) is 0 Å². The number of methoxy groups -OCH3 is 1. The highest BCUT2D eigenvalue weighted by Crippen LogP contribution is 2.27. The molecule has 5 heteroatoms. The number of halogens is 1. The molecule has 1 aromatic carbocycles. The summed E-state index contributed by atoms with van der Waals surface area (Å²) in [6.07, 6.45) is 0.380. The van der Waals surface area contributed by atoms with Crippen molar-refractivity contribution in [3.63, 3.8) is 0 Å². The molecule has 0 amide bonds. The molecule has 0 fully saturated rings. The fraction of sp³-hybridized carbons (Fsp3) is 0.286. The Hall–Kier alpha value is -1.20. The molecule has 0 N–H and O–H groups in total. The standard InChI is InChI=1S/C14H14BrNO2S/c1-8-14(19-9(2)16-8)12(17)7-10-4-5-13(18-3)11(15)6-10/h4-6H,7H2,1-3H3. The van der Waals surface area contributed by atoms with Crippen LogP contribution in [0.4, 0.5) is 0 Å². The molecule has 0 spiro atoms. The zero-order valence-electron chi connectivity index (χ0n) is 11.0. The van der Waals surface area contributed by atoms with Crippen molar-refractivity contribution in [2.75, 3.05) is 7.11 Å². The summed E-state index contributed by atoms with van der Waals surface area (Å²) < 4.78 is 6.03. The van der Waals surface area contributed by atoms with Crippen LogP contribution in [0.1, 0.15) is 25.9 Å². The molecule has 3 nitrogen and oxygen atoms in total. The maximum Gasteiger partial charge on any atom is 0.179 e. The summed E-state index contributed by atoms with van der Waals surface area (Å²) in [5, 5.41) is 0.928. The van der Waals surface area contributed by atoms with Crippen molar-refractivity contribution >= 4 is 33.0 Å². The van der Waals surface area contributed by atoms with Gasteiger partial charge in [-0.3, -0.25) is 4.79 Å². The number of aryl methyl sites for hydroxylation is 2. The van der Waals surface area contributed by atoms with Crippen LogP contribution in [-0.4, -0.2) is 17.9 Å². The molecule has 1 heterocycles. The number of ketones is 1. The Bertz CT molecular complexity index is 622. The van der Waals surface area contributed by atoms with Crippen molar-refractivity contribution in [1.29, 1.82) is 0 Å². The van der Waals surface area contributed by atoms with Crippen molar-refractivity contribution in [3.8, 4) is 5.75 Å². The van der Waals surface area contributed by atoms with Crippen molar-refractivity contribution in [2.45, 2.75) is 20.3 Å². The Labute approximate surface area is 124 Å². The Kier molecular flexibility index (Phi) is 4.37. The molecule has 0 radical (unpaired) electrons. The Balaban J connectivity index is 2.19. The second kappa shape index (κ2) is 5.84. The van der Waals surface area contributed by atoms with Crippen LogP contribution in [0.25, 0.3) is 0 Å². The Morgan fingerprint density at radius 1 is 1.42 bits per heavy atom. The molecular weight excluding hydrogens is 326 g/mol. The number of nitrogens with zero attached hydrogens (tertiary/aromatic N) is 1. The third-order valence-corrected chi connectivity index (χ3v) is 4.47. The van der Waals surface area contributed by atoms with E-state index >= 15 is 0 Å². The highest BCUT2D eigenvalue weighted by Gasteiger charge is 2.14. The van der Waals surface area contributed by atoms with Gasteiger partial charge < -0.3 is 4.74 Å². The average Bonchev–Trinajstić information content (AvgIpc) is 2.69. The number of carbonyl (C=O) groups is 1. The van der Waals surface area contributed by atoms with E-state index in [1.807, 2.05) is 32.0 Å². The summed E-state index contributed by atoms with van der Waals surface area (Å²) >= 11 is 4.88. The van der Waals surface area contributed by atoms with Gasteiger partial charge in [0.2, 0.25) is 0 Å². The molecule has 0 saturated heterocycles. The predicted octanol–water partition coefficient (Wildman–Crippen LogP) is 3.96. The number of Topliss-reactive ketones (excluding diaryl/α,β-unsaturated/α-hetero) is 1. The summed E-state index contributed by atoms with van der Waals surface area (Å²) in [4.78, 5) is 17.3. The van der Waals surface area contributed by atoms with Crippen LogP contribution < -0.4 is 4.74 Å². The number of thiazole rings is 1. The van der Waals surface area contributed by atoms with Gasteiger partial charge in [-0.2, -0.15) is 0 Å². The lowest BCUT2D eigenvalue weighted by molar-refractivity contribution is 0.0996. The Morgan fingerprint density at radius 2 is 2.16 bits per heavy atom. The van der Waals surface area contributed by atoms with Crippen LogP contribution in [0.15, 0.2) is 22.7 Å². The van der Waals surface area contributed by atoms with Crippen molar-refractivity contribution in [2.24, 2.45) is 0 Å². The maximum atomic E-state index is 12.2. The molecular formula is C14H14BrNO2S. The topological polar surface area (TPSA) is 39.2 Å². The molecule has 0 atom stereocenters. The normalized spacial score (nSPS) is 10.5. The number of rotatable bonds is 4. The minimum atomic E-state index is 0.111. The summed E-state index contributed by atoms with van der Waals surface area (Å²) in [6, 6.07) is 5.68. The van der Waals surface area contributed by atoms with Crippen LogP contribution in [0.5, 0.6) is 5.75 Å². The molecule has 0 aliphatic heterocycles. The first kappa shape index (κ1) is 14.2. The first-order chi connectivity index (χ1) is 9.01. The van der Waals surface area contributed by atoms with Crippen LogP contribution >= 0.6 is 27.3 Å². The molecule has 0 aliphatic rings. The zero-order valence-corrected chi connectivity index (χ0v) is 13.4. The highest BCUT2D eigenvalue weighted by molar-refractivity contribution is 9.10. The monoisotopic (exact) mass is 339 g/mol. The molecule has 0 saturated carbocycles. The number of hydrogen-bond acceptors (Lipinski definition) is 4. The molecule has 0 aliphatic carbocycles. The number of carbonyl (C=O) groups excluding carboxylic acids is 1. The van der Waals surface area contributed by atoms with Gasteiger partial charge in [0.05, 0.1) is 27.2 Å². The van der Waals surface area contributed by atoms with Crippen molar-refractivity contribution in [3.05, 3.63) is 43.8 Å². The van der Waals surface area contributed by atoms with Gasteiger partial charge in [0.1, 0.15) is 5.75 Å². The third-order valence-electron chi connectivity index (χ3n) is 2.74. The van der Waals surface area contributed by atoms with Gasteiger partial charge in [0.15, 0.2) is 5.78 Å². The predicted molar refractivity (Wildman–Crippen MR) is 80.3 cm³/mol. The van der Waals surface area contributed by atoms with Gasteiger partial charge in [0.25, 0.3) is 0 Å². The summed E-state index contributed by atoms with van der Waals surface area (Å²) in [5.74, 6) is 0.876. The van der Waals surface area contributed by atoms with Gasteiger partial charge in [0, 0.05) is 6.42 Å². The van der Waals surface area contributed by atoms with Crippen LogP contribution in [0.3, 0.4) is 0 Å². The van der Waals surface area contributed by atoms with Gasteiger partial charge >= 0.3 is 0 Å². The number of aromatic nitrogens is 1. The van der Waals surface area contributed by atoms with Crippen LogP contribution in [-0.2, 0) is 6.42 Å². The van der Waals surface area contributed by atoms with E-state index in [0.717, 1.165) is 31.4 Å². The summed E-state index contributed by atoms with van der Waals surface area (Å²) in [6.45, 7) is 3.79. The fourth-order valence-corrected chi connectivity index (χ4v) is 3.32. The number of hydrogen-bond donors (Lipinski definition) is 0. The van der Waals surface area contributed by atoms with E-state index in [-0.39, 0.29) is 5.78 Å². The third kappa shape index (κ3) is 3.22. The lowest BCUT2D eigenvalue weighted by Gasteiger charge is -2.05. The van der Waals surface area contributed by atoms with Crippen molar-refractivity contribution in [1.82, 2.24) is 4.98 Å². The van der Waals surface area contributed by atoms with E-state index in [2.05, 4.69) is 20.9 Å². The van der Waals surface area contributed by atoms with Gasteiger partial charge in [-0.25, -0.2) is 4.98 Å². The van der Waals surface area contributed by atoms with E-state index < -0.39 is 0 Å². The van der Waals surface area contributed by atoms with Crippen molar-refractivity contribution < 1.29 is 9.53 Å². The molecule has 0 bridgehead atoms. The first-order valence-electron chi connectivity index (χ1n) is 5.81. The highest BCUT2D eigenvalue weighted by atomic mass is 79.9. The van der Waals surface area contributed by atoms with E-state index in [0.29, 0.717) is 6.42 Å². The number of benzene rings is 1. The second-order valence-electron chi connectivity index (χ2n) is 4.22. The van der Waals surface area contributed by atoms with E-state index in [4.69, 9.17) is 4.74 Å². The zero-order chi connectivity index (χ0) is 14.0. The largest absolute Gasteiger partial charge is 0.496 e. The molecule has 2 rings (SSSR count). The molecule has 0 unspecified atom stereocenters. The van der Waals surface area contributed by atoms with Crippen LogP contribution in [0, 0.1) is 13.8 Å². The van der Waals surface area contributed by atoms with E-state index in [1.54, 1.807) is 7.11 Å².